The maximum atomic E-state index is 15.4. The zero-order valence-corrected chi connectivity index (χ0v) is 37.3. The summed E-state index contributed by atoms with van der Waals surface area (Å²) in [6.45, 7) is 5.44. The lowest BCUT2D eigenvalue weighted by Gasteiger charge is -2.45. The van der Waals surface area contributed by atoms with Crippen molar-refractivity contribution < 1.29 is 49.4 Å². The highest BCUT2D eigenvalue weighted by Crippen LogP contribution is 2.49. The van der Waals surface area contributed by atoms with Crippen molar-refractivity contribution in [1.82, 2.24) is 0 Å². The maximum absolute atomic E-state index is 15.4. The number of esters is 2. The fraction of sp³-hybridized carbons (Fsp3) is 0.528. The fourth-order valence-corrected chi connectivity index (χ4v) is 11.4. The molecular weight excluding hydrogens is 811 g/mol. The van der Waals surface area contributed by atoms with E-state index in [9.17, 15) is 35.1 Å². The minimum absolute atomic E-state index is 0.0320. The number of hydrogen-bond donors (Lipinski definition) is 6. The number of ether oxygens (including phenoxy) is 2. The molecule has 3 heterocycles. The average Bonchev–Trinajstić information content (AvgIpc) is 3.79. The molecule has 0 aromatic heterocycles. The van der Waals surface area contributed by atoms with Crippen molar-refractivity contribution in [2.24, 2.45) is 11.8 Å². The summed E-state index contributed by atoms with van der Waals surface area (Å²) in [5.74, 6) is 3.69. The molecule has 0 unspecified atom stereocenters. The van der Waals surface area contributed by atoms with Gasteiger partial charge in [0.2, 0.25) is 0 Å². The van der Waals surface area contributed by atoms with Crippen LogP contribution >= 0.6 is 0 Å². The SMILES string of the molecule is CCC[C@]1(O)[C@@H]2CCC(=O)[C@@H](Cc3cccc(c3)C3(CCCC3)[C@H](O)/C=C3/C[C@H](c4cc(CO)cc(NC[C@H](C)O)c4)C#C[C@H]4CC(=O)Oc5c4cc(c(O)c5CC)C[C@H]1OC3=O)C2. The standard InChI is InChI=1S/C53H63NO10/c1-4-15-53(62)41-13-14-45(57)37(23-41)18-32-9-8-10-40(20-32)52(16-6-7-17-52)46(58)26-39-22-34(36-19-33(30-55)21-42(24-36)54-29-31(3)56)11-12-35-28-48(59)64-50-43(5-2)49(60)38(25-44(35)50)27-47(53)63-51(39)61/h8-10,19-21,24-26,31,34-35,37,41,46-47,54-56,58,60,62H,4-7,13-18,22-23,27-30H2,1-3H3/b39-26-/t31-,34+,35-,37-,41+,46+,47+,53-/m0/s1. The van der Waals surface area contributed by atoms with E-state index < -0.39 is 59.0 Å². The predicted octanol–water partition coefficient (Wildman–Crippen LogP) is 7.15. The average molecular weight is 874 g/mol. The van der Waals surface area contributed by atoms with Crippen LogP contribution in [0.3, 0.4) is 0 Å². The Kier molecular flexibility index (Phi) is 13.4. The van der Waals surface area contributed by atoms with Crippen molar-refractivity contribution in [2.75, 3.05) is 11.9 Å². The van der Waals surface area contributed by atoms with Gasteiger partial charge in [-0.1, -0.05) is 75.3 Å². The number of aliphatic hydroxyl groups is 4. The minimum atomic E-state index is -1.63. The van der Waals surface area contributed by atoms with E-state index in [4.69, 9.17) is 9.47 Å². The molecule has 8 atom stereocenters. The highest BCUT2D eigenvalue weighted by Gasteiger charge is 2.50. The van der Waals surface area contributed by atoms with Gasteiger partial charge in [0.1, 0.15) is 29.0 Å². The third-order valence-corrected chi connectivity index (χ3v) is 14.8. The second-order valence-corrected chi connectivity index (χ2v) is 19.1. The van der Waals surface area contributed by atoms with E-state index in [0.717, 1.165) is 24.0 Å². The summed E-state index contributed by atoms with van der Waals surface area (Å²) in [7, 11) is 0. The monoisotopic (exact) mass is 873 g/mol. The number of nitrogens with one attached hydrogen (secondary N) is 1. The molecule has 6 N–H and O–H groups in total. The van der Waals surface area contributed by atoms with Crippen LogP contribution in [-0.2, 0) is 50.4 Å². The Hall–Kier alpha value is -4.99. The van der Waals surface area contributed by atoms with Crippen molar-refractivity contribution in [3.8, 4) is 23.3 Å². The van der Waals surface area contributed by atoms with Gasteiger partial charge in [0.15, 0.2) is 0 Å². The maximum Gasteiger partial charge on any atom is 0.334 e. The van der Waals surface area contributed by atoms with E-state index in [1.54, 1.807) is 25.1 Å². The Morgan fingerprint density at radius 1 is 0.969 bits per heavy atom. The van der Waals surface area contributed by atoms with Gasteiger partial charge in [0.25, 0.3) is 0 Å². The first-order chi connectivity index (χ1) is 30.7. The Bertz CT molecular complexity index is 2370. The van der Waals surface area contributed by atoms with Gasteiger partial charge < -0.3 is 40.3 Å². The summed E-state index contributed by atoms with van der Waals surface area (Å²) in [5, 5.41) is 61.8. The molecule has 8 rings (SSSR count). The lowest BCUT2D eigenvalue weighted by Crippen LogP contribution is -2.54. The summed E-state index contributed by atoms with van der Waals surface area (Å²) in [6.07, 6.45) is 4.24. The summed E-state index contributed by atoms with van der Waals surface area (Å²) >= 11 is 0. The van der Waals surface area contributed by atoms with Crippen LogP contribution in [0, 0.1) is 23.7 Å². The molecule has 5 aliphatic rings. The molecule has 0 amide bonds. The lowest BCUT2D eigenvalue weighted by atomic mass is 9.66. The summed E-state index contributed by atoms with van der Waals surface area (Å²) in [5.41, 5.74) is 3.04. The third kappa shape index (κ3) is 8.99. The summed E-state index contributed by atoms with van der Waals surface area (Å²) < 4.78 is 12.6. The number of Topliss-reactive ketones (excluding diaryl/α,β-unsaturated/α-hetero) is 1. The molecule has 64 heavy (non-hydrogen) atoms. The lowest BCUT2D eigenvalue weighted by molar-refractivity contribution is -0.176. The molecule has 3 aromatic carbocycles. The number of phenolic OH excluding ortho intramolecular Hbond substituents is 1. The molecule has 1 spiro atoms. The number of ketones is 1. The minimum Gasteiger partial charge on any atom is -0.507 e. The number of phenols is 1. The van der Waals surface area contributed by atoms with Crippen LogP contribution < -0.4 is 10.1 Å². The van der Waals surface area contributed by atoms with Gasteiger partial charge in [-0.2, -0.15) is 0 Å². The van der Waals surface area contributed by atoms with E-state index in [-0.39, 0.29) is 74.0 Å². The number of anilines is 1. The second-order valence-electron chi connectivity index (χ2n) is 19.1. The second kappa shape index (κ2) is 18.9. The zero-order chi connectivity index (χ0) is 45.3. The van der Waals surface area contributed by atoms with Gasteiger partial charge in [0, 0.05) is 59.0 Å². The fourth-order valence-electron chi connectivity index (χ4n) is 11.4. The van der Waals surface area contributed by atoms with Gasteiger partial charge in [0.05, 0.1) is 31.2 Å². The molecule has 0 saturated heterocycles. The van der Waals surface area contributed by atoms with Crippen LogP contribution in [0.2, 0.25) is 0 Å². The normalized spacial score (nSPS) is 29.0. The van der Waals surface area contributed by atoms with Crippen LogP contribution in [0.15, 0.2) is 60.2 Å². The van der Waals surface area contributed by atoms with Gasteiger partial charge in [-0.25, -0.2) is 4.79 Å². The summed E-state index contributed by atoms with van der Waals surface area (Å²) in [4.78, 5) is 42.4. The molecular formula is C53H63NO10. The van der Waals surface area contributed by atoms with Gasteiger partial charge in [-0.3, -0.25) is 9.59 Å². The Morgan fingerprint density at radius 2 is 1.75 bits per heavy atom. The van der Waals surface area contributed by atoms with Crippen LogP contribution in [0.1, 0.15) is 142 Å². The molecule has 2 saturated carbocycles. The molecule has 0 radical (unpaired) electrons. The Labute approximate surface area is 376 Å². The zero-order valence-electron chi connectivity index (χ0n) is 37.3. The molecule has 2 aliphatic carbocycles. The van der Waals surface area contributed by atoms with E-state index >= 15 is 4.79 Å². The first-order valence-electron chi connectivity index (χ1n) is 23.4. The first kappa shape index (κ1) is 45.6. The quantitative estimate of drug-likeness (QED) is 0.0769. The number of fused-ring (bicyclic) bond motifs is 9. The first-order valence-corrected chi connectivity index (χ1v) is 23.4. The molecule has 3 aliphatic heterocycles. The number of hydrogen-bond acceptors (Lipinski definition) is 11. The number of aromatic hydroxyl groups is 1. The van der Waals surface area contributed by atoms with Gasteiger partial charge >= 0.3 is 11.9 Å². The smallest absolute Gasteiger partial charge is 0.334 e. The van der Waals surface area contributed by atoms with Crippen molar-refractivity contribution in [3.05, 3.63) is 99.1 Å². The molecule has 11 heteroatoms. The van der Waals surface area contributed by atoms with E-state index in [0.29, 0.717) is 78.5 Å². The Morgan fingerprint density at radius 3 is 2.48 bits per heavy atom. The third-order valence-electron chi connectivity index (χ3n) is 14.8. The van der Waals surface area contributed by atoms with Crippen molar-refractivity contribution in [1.29, 1.82) is 0 Å². The number of aliphatic hydroxyl groups excluding tert-OH is 3. The molecule has 2 fully saturated rings. The highest BCUT2D eigenvalue weighted by atomic mass is 16.6. The number of rotatable bonds is 8. The van der Waals surface area contributed by atoms with E-state index in [1.807, 2.05) is 44.2 Å². The van der Waals surface area contributed by atoms with E-state index in [1.165, 1.54) is 0 Å². The van der Waals surface area contributed by atoms with Gasteiger partial charge in [-0.15, -0.1) is 0 Å². The highest BCUT2D eigenvalue weighted by molar-refractivity contribution is 5.89. The van der Waals surface area contributed by atoms with Gasteiger partial charge in [-0.05, 0) is 116 Å². The van der Waals surface area contributed by atoms with Crippen LogP contribution in [0.25, 0.3) is 0 Å². The Balaban J connectivity index is 1.39. The topological polar surface area (TPSA) is 183 Å². The van der Waals surface area contributed by atoms with Crippen LogP contribution in [0.4, 0.5) is 5.69 Å². The number of benzene rings is 3. The van der Waals surface area contributed by atoms with Crippen molar-refractivity contribution >= 4 is 23.4 Å². The summed E-state index contributed by atoms with van der Waals surface area (Å²) in [6, 6.07) is 15.4. The molecule has 11 nitrogen and oxygen atoms in total. The number of carbonyl (C=O) groups excluding carboxylic acids is 3. The molecule has 340 valence electrons. The van der Waals surface area contributed by atoms with Crippen molar-refractivity contribution in [3.63, 3.8) is 0 Å². The van der Waals surface area contributed by atoms with Crippen LogP contribution in [0.5, 0.6) is 11.5 Å². The van der Waals surface area contributed by atoms with E-state index in [2.05, 4.69) is 23.2 Å². The predicted molar refractivity (Wildman–Crippen MR) is 242 cm³/mol. The molecule has 3 aromatic rings. The number of carbonyl (C=O) groups is 3. The van der Waals surface area contributed by atoms with Crippen molar-refractivity contribution in [2.45, 2.75) is 158 Å². The molecule has 8 bridgehead atoms. The van der Waals surface area contributed by atoms with Crippen LogP contribution in [-0.4, -0.2) is 73.7 Å². The largest absolute Gasteiger partial charge is 0.507 e.